The number of alkyl halides is 5. The Labute approximate surface area is 227 Å². The smallest absolute Gasteiger partial charge is 0.405 e. The van der Waals surface area contributed by atoms with Crippen molar-refractivity contribution in [1.29, 1.82) is 0 Å². The van der Waals surface area contributed by atoms with E-state index >= 15 is 0 Å². The lowest BCUT2D eigenvalue weighted by molar-refractivity contribution is -0.274. The molecule has 0 unspecified atom stereocenters. The lowest BCUT2D eigenvalue weighted by atomic mass is 9.74. The van der Waals surface area contributed by atoms with Crippen LogP contribution < -0.4 is 4.74 Å². The van der Waals surface area contributed by atoms with Gasteiger partial charge in [0.25, 0.3) is 10.0 Å². The Morgan fingerprint density at radius 2 is 1.74 bits per heavy atom. The zero-order chi connectivity index (χ0) is 28.6. The molecule has 1 aromatic heterocycles. The summed E-state index contributed by atoms with van der Waals surface area (Å²) in [4.78, 5) is 19.0. The molecule has 15 heteroatoms. The number of ether oxygens (including phenoxy) is 1. The molecule has 2 aliphatic rings. The zero-order valence-electron chi connectivity index (χ0n) is 21.1. The number of sulfonamides is 1. The fraction of sp³-hybridized carbons (Fsp3) is 0.583. The van der Waals surface area contributed by atoms with Crippen LogP contribution in [0.3, 0.4) is 0 Å². The summed E-state index contributed by atoms with van der Waals surface area (Å²) in [5.41, 5.74) is -1.27. The standard InChI is InChI=1S/C24H28ClF5N4O4S/c1-32-15-20(31-16-32)39(36,37)34-13-11-33(12-14-34)22(7-9-23(26,27)10-8-22)6-5-18(35)21-17(25)3-2-4-19(21)38-24(28,29)30/h2-4,15-16H,5-14H2,1H3. The Morgan fingerprint density at radius 1 is 1.10 bits per heavy atom. The Hall–Kier alpha value is -2.29. The number of Topliss-reactive ketones (excluding diaryl/α,β-unsaturated/α-hetero) is 1. The number of piperazine rings is 1. The van der Waals surface area contributed by atoms with Gasteiger partial charge >= 0.3 is 6.36 Å². The summed E-state index contributed by atoms with van der Waals surface area (Å²) in [6, 6.07) is 3.49. The van der Waals surface area contributed by atoms with E-state index in [1.807, 2.05) is 4.90 Å². The fourth-order valence-electron chi connectivity index (χ4n) is 5.32. The van der Waals surface area contributed by atoms with Crippen LogP contribution in [0.5, 0.6) is 5.75 Å². The number of benzene rings is 1. The van der Waals surface area contributed by atoms with Crippen LogP contribution in [0, 0.1) is 0 Å². The van der Waals surface area contributed by atoms with E-state index in [9.17, 15) is 35.2 Å². The van der Waals surface area contributed by atoms with Crippen LogP contribution in [0.4, 0.5) is 22.0 Å². The summed E-state index contributed by atoms with van der Waals surface area (Å²) in [7, 11) is -2.19. The van der Waals surface area contributed by atoms with Crippen LogP contribution in [0.15, 0.2) is 35.7 Å². The van der Waals surface area contributed by atoms with Gasteiger partial charge < -0.3 is 9.30 Å². The average molecular weight is 599 g/mol. The number of aromatic nitrogens is 2. The van der Waals surface area contributed by atoms with Crippen LogP contribution in [-0.2, 0) is 17.1 Å². The van der Waals surface area contributed by atoms with Gasteiger partial charge in [0.2, 0.25) is 5.92 Å². The lowest BCUT2D eigenvalue weighted by Gasteiger charge is -2.50. The van der Waals surface area contributed by atoms with Gasteiger partial charge in [-0.15, -0.1) is 13.2 Å². The molecule has 0 bridgehead atoms. The maximum atomic E-state index is 14.1. The topological polar surface area (TPSA) is 84.7 Å². The van der Waals surface area contributed by atoms with Crippen molar-refractivity contribution in [2.45, 2.75) is 61.4 Å². The average Bonchev–Trinajstić information content (AvgIpc) is 3.30. The van der Waals surface area contributed by atoms with Crippen LogP contribution in [-0.4, -0.2) is 77.0 Å². The highest BCUT2D eigenvalue weighted by atomic mass is 35.5. The van der Waals surface area contributed by atoms with Crippen molar-refractivity contribution in [2.24, 2.45) is 7.05 Å². The molecule has 1 saturated heterocycles. The van der Waals surface area contributed by atoms with E-state index in [0.717, 1.165) is 6.07 Å². The van der Waals surface area contributed by atoms with E-state index in [1.165, 1.54) is 33.5 Å². The van der Waals surface area contributed by atoms with E-state index in [2.05, 4.69) is 9.72 Å². The first-order valence-corrected chi connectivity index (χ1v) is 14.1. The molecule has 2 heterocycles. The van der Waals surface area contributed by atoms with Gasteiger partial charge in [-0.3, -0.25) is 9.69 Å². The number of nitrogens with zero attached hydrogens (tertiary/aromatic N) is 4. The number of halogens is 6. The van der Waals surface area contributed by atoms with Crippen molar-refractivity contribution in [3.8, 4) is 5.75 Å². The number of rotatable bonds is 8. The minimum atomic E-state index is -5.04. The van der Waals surface area contributed by atoms with Gasteiger partial charge in [-0.1, -0.05) is 17.7 Å². The van der Waals surface area contributed by atoms with E-state index < -0.39 is 57.8 Å². The number of carbonyl (C=O) groups excluding carboxylic acids is 1. The van der Waals surface area contributed by atoms with E-state index in [4.69, 9.17) is 11.6 Å². The first kappa shape index (κ1) is 29.7. The van der Waals surface area contributed by atoms with E-state index in [1.54, 1.807) is 7.05 Å². The Bertz CT molecular complexity index is 1300. The predicted octanol–water partition coefficient (Wildman–Crippen LogP) is 4.89. The van der Waals surface area contributed by atoms with E-state index in [0.29, 0.717) is 0 Å². The predicted molar refractivity (Wildman–Crippen MR) is 131 cm³/mol. The fourth-order valence-corrected chi connectivity index (χ4v) is 6.98. The molecule has 1 saturated carbocycles. The molecular weight excluding hydrogens is 571 g/mol. The highest BCUT2D eigenvalue weighted by Crippen LogP contribution is 2.45. The number of imidazole rings is 1. The van der Waals surface area contributed by atoms with Crippen molar-refractivity contribution in [2.75, 3.05) is 26.2 Å². The summed E-state index contributed by atoms with van der Waals surface area (Å²) >= 11 is 6.06. The Kier molecular flexibility index (Phi) is 8.33. The van der Waals surface area contributed by atoms with Crippen LogP contribution >= 0.6 is 11.6 Å². The molecule has 1 aliphatic carbocycles. The van der Waals surface area contributed by atoms with Crippen molar-refractivity contribution in [1.82, 2.24) is 18.8 Å². The second kappa shape index (κ2) is 10.9. The minimum absolute atomic E-state index is 0.0503. The summed E-state index contributed by atoms with van der Waals surface area (Å²) in [6.07, 6.45) is -3.16. The third-order valence-corrected chi connectivity index (χ3v) is 9.50. The number of hydrogen-bond acceptors (Lipinski definition) is 6. The Morgan fingerprint density at radius 3 is 2.31 bits per heavy atom. The van der Waals surface area contributed by atoms with Crippen molar-refractivity contribution < 1.29 is 39.9 Å². The van der Waals surface area contributed by atoms with Gasteiger partial charge in [0.05, 0.1) is 16.9 Å². The molecule has 0 amide bonds. The number of ketones is 1. The van der Waals surface area contributed by atoms with Gasteiger partial charge in [0.1, 0.15) is 5.75 Å². The molecule has 8 nitrogen and oxygen atoms in total. The molecule has 0 atom stereocenters. The van der Waals surface area contributed by atoms with Gasteiger partial charge in [0.15, 0.2) is 10.8 Å². The monoisotopic (exact) mass is 598 g/mol. The molecule has 2 fully saturated rings. The quantitative estimate of drug-likeness (QED) is 0.318. The zero-order valence-corrected chi connectivity index (χ0v) is 22.6. The number of hydrogen-bond donors (Lipinski definition) is 0. The molecule has 39 heavy (non-hydrogen) atoms. The normalized spacial score (nSPS) is 20.6. The first-order valence-electron chi connectivity index (χ1n) is 12.3. The molecule has 0 N–H and O–H groups in total. The summed E-state index contributed by atoms with van der Waals surface area (Å²) in [6.45, 7) is 0.666. The number of aryl methyl sites for hydroxylation is 1. The largest absolute Gasteiger partial charge is 0.573 e. The third-order valence-electron chi connectivity index (χ3n) is 7.40. The molecule has 4 rings (SSSR count). The summed E-state index contributed by atoms with van der Waals surface area (Å²) in [5.74, 6) is -4.29. The van der Waals surface area contributed by atoms with Crippen LogP contribution in [0.2, 0.25) is 5.02 Å². The molecule has 1 aliphatic heterocycles. The molecule has 0 radical (unpaired) electrons. The Balaban J connectivity index is 1.51. The molecule has 216 valence electrons. The second-order valence-electron chi connectivity index (χ2n) is 9.93. The number of carbonyl (C=O) groups is 1. The first-order chi connectivity index (χ1) is 18.1. The van der Waals surface area contributed by atoms with Gasteiger partial charge in [-0.25, -0.2) is 22.2 Å². The maximum absolute atomic E-state index is 14.1. The molecule has 0 spiro atoms. The van der Waals surface area contributed by atoms with Gasteiger partial charge in [-0.2, -0.15) is 4.31 Å². The maximum Gasteiger partial charge on any atom is 0.573 e. The SMILES string of the molecule is Cn1cnc(S(=O)(=O)N2CCN(C3(CCC(=O)c4c(Cl)cccc4OC(F)(F)F)CCC(F)(F)CC3)CC2)c1. The van der Waals surface area contributed by atoms with Crippen LogP contribution in [0.1, 0.15) is 48.9 Å². The molecule has 2 aromatic rings. The molecule has 1 aromatic carbocycles. The van der Waals surface area contributed by atoms with Crippen molar-refractivity contribution in [3.05, 3.63) is 41.3 Å². The summed E-state index contributed by atoms with van der Waals surface area (Å²) in [5, 5.41) is -0.299. The second-order valence-corrected chi connectivity index (χ2v) is 12.2. The lowest BCUT2D eigenvalue weighted by Crippen LogP contribution is -2.59. The third kappa shape index (κ3) is 6.72. The summed E-state index contributed by atoms with van der Waals surface area (Å²) < 4.78 is 99.6. The highest BCUT2D eigenvalue weighted by Gasteiger charge is 2.48. The molecular formula is C24H28ClF5N4O4S. The van der Waals surface area contributed by atoms with E-state index in [-0.39, 0.29) is 61.9 Å². The minimum Gasteiger partial charge on any atom is -0.405 e. The van der Waals surface area contributed by atoms with Gasteiger partial charge in [0, 0.05) is 64.2 Å². The van der Waals surface area contributed by atoms with Crippen molar-refractivity contribution in [3.63, 3.8) is 0 Å². The van der Waals surface area contributed by atoms with Crippen LogP contribution in [0.25, 0.3) is 0 Å². The van der Waals surface area contributed by atoms with Crippen molar-refractivity contribution >= 4 is 27.4 Å². The van der Waals surface area contributed by atoms with Gasteiger partial charge in [-0.05, 0) is 31.4 Å². The highest BCUT2D eigenvalue weighted by molar-refractivity contribution is 7.89.